The molecular weight excluding hydrogens is 352 g/mol. The van der Waals surface area contributed by atoms with Gasteiger partial charge in [0.15, 0.2) is 5.78 Å². The molecule has 28 heavy (non-hydrogen) atoms. The van der Waals surface area contributed by atoms with Crippen molar-refractivity contribution in [2.24, 2.45) is 0 Å². The number of nitrogens with zero attached hydrogens (tertiary/aromatic N) is 2. The lowest BCUT2D eigenvalue weighted by molar-refractivity contribution is 0.0971. The summed E-state index contributed by atoms with van der Waals surface area (Å²) in [6, 6.07) is 14.0. The van der Waals surface area contributed by atoms with Crippen molar-refractivity contribution >= 4 is 5.78 Å². The molecule has 5 nitrogen and oxygen atoms in total. The van der Waals surface area contributed by atoms with Crippen LogP contribution in [0.5, 0.6) is 5.75 Å². The number of ether oxygens (including phenoxy) is 2. The van der Waals surface area contributed by atoms with E-state index in [9.17, 15) is 4.79 Å². The molecule has 0 unspecified atom stereocenters. The molecule has 0 bridgehead atoms. The first-order valence-corrected chi connectivity index (χ1v) is 9.60. The van der Waals surface area contributed by atoms with Gasteiger partial charge in [0.05, 0.1) is 19.5 Å². The molecule has 0 saturated heterocycles. The van der Waals surface area contributed by atoms with Crippen molar-refractivity contribution in [3.8, 4) is 5.75 Å². The van der Waals surface area contributed by atoms with E-state index in [0.717, 1.165) is 40.8 Å². The Balaban J connectivity index is 1.70. The van der Waals surface area contributed by atoms with Gasteiger partial charge < -0.3 is 14.0 Å². The zero-order valence-corrected chi connectivity index (χ0v) is 16.0. The minimum atomic E-state index is -0.177. The number of rotatable bonds is 7. The smallest absolute Gasteiger partial charge is 0.163 e. The molecule has 0 saturated carbocycles. The summed E-state index contributed by atoms with van der Waals surface area (Å²) < 4.78 is 14.0. The molecule has 1 heterocycles. The van der Waals surface area contributed by atoms with Crippen LogP contribution in [0.3, 0.4) is 0 Å². The number of aromatic nitrogens is 2. The van der Waals surface area contributed by atoms with Gasteiger partial charge in [-0.25, -0.2) is 4.98 Å². The lowest BCUT2D eigenvalue weighted by Crippen LogP contribution is -2.18. The zero-order valence-electron chi connectivity index (χ0n) is 16.0. The van der Waals surface area contributed by atoms with Gasteiger partial charge in [-0.2, -0.15) is 0 Å². The van der Waals surface area contributed by atoms with Gasteiger partial charge in [-0.05, 0) is 36.1 Å². The molecule has 0 N–H and O–H groups in total. The normalized spacial score (nSPS) is 14.5. The van der Waals surface area contributed by atoms with Crippen LogP contribution >= 0.6 is 0 Å². The van der Waals surface area contributed by atoms with E-state index in [-0.39, 0.29) is 11.9 Å². The van der Waals surface area contributed by atoms with Crippen LogP contribution in [0.4, 0.5) is 0 Å². The highest BCUT2D eigenvalue weighted by Gasteiger charge is 2.24. The molecule has 0 aliphatic heterocycles. The van der Waals surface area contributed by atoms with Crippen LogP contribution < -0.4 is 4.74 Å². The Morgan fingerprint density at radius 3 is 2.75 bits per heavy atom. The highest BCUT2D eigenvalue weighted by Crippen LogP contribution is 2.34. The Bertz CT molecular complexity index is 936. The van der Waals surface area contributed by atoms with Crippen molar-refractivity contribution < 1.29 is 14.3 Å². The van der Waals surface area contributed by atoms with Crippen molar-refractivity contribution in [1.29, 1.82) is 0 Å². The average molecular weight is 376 g/mol. The fraction of sp³-hybridized carbons (Fsp3) is 0.304. The molecule has 1 aliphatic carbocycles. The third-order valence-electron chi connectivity index (χ3n) is 5.18. The zero-order chi connectivity index (χ0) is 19.3. The molecule has 3 aromatic rings. The number of hydrogen-bond acceptors (Lipinski definition) is 4. The Hall–Kier alpha value is -2.92. The van der Waals surface area contributed by atoms with Gasteiger partial charge in [0.1, 0.15) is 11.9 Å². The second kappa shape index (κ2) is 8.40. The molecule has 0 radical (unpaired) electrons. The maximum atomic E-state index is 12.3. The van der Waals surface area contributed by atoms with Gasteiger partial charge in [-0.3, -0.25) is 4.79 Å². The van der Waals surface area contributed by atoms with E-state index in [1.807, 2.05) is 41.1 Å². The third-order valence-corrected chi connectivity index (χ3v) is 5.18. The molecule has 1 aliphatic rings. The SMILES string of the molecule is COCc1c(O[C@H](Cn2ccnc2)c2ccccc2)ccc2c1CCCC2=O. The maximum absolute atomic E-state index is 12.3. The third kappa shape index (κ3) is 3.85. The van der Waals surface area contributed by atoms with E-state index in [4.69, 9.17) is 9.47 Å². The summed E-state index contributed by atoms with van der Waals surface area (Å²) >= 11 is 0. The first kappa shape index (κ1) is 18.4. The van der Waals surface area contributed by atoms with Crippen molar-refractivity contribution in [2.75, 3.05) is 7.11 Å². The Morgan fingerprint density at radius 1 is 1.14 bits per heavy atom. The molecule has 144 valence electrons. The number of benzene rings is 2. The van der Waals surface area contributed by atoms with Crippen molar-refractivity contribution in [2.45, 2.75) is 38.5 Å². The van der Waals surface area contributed by atoms with Crippen LogP contribution in [0, 0.1) is 0 Å². The van der Waals surface area contributed by atoms with Crippen molar-refractivity contribution in [3.05, 3.63) is 83.4 Å². The largest absolute Gasteiger partial charge is 0.483 e. The van der Waals surface area contributed by atoms with Crippen LogP contribution in [-0.2, 0) is 24.3 Å². The van der Waals surface area contributed by atoms with E-state index in [0.29, 0.717) is 19.6 Å². The maximum Gasteiger partial charge on any atom is 0.163 e. The molecule has 1 aromatic heterocycles. The van der Waals surface area contributed by atoms with Crippen LogP contribution in [-0.4, -0.2) is 22.4 Å². The van der Waals surface area contributed by atoms with Crippen LogP contribution in [0.25, 0.3) is 0 Å². The van der Waals surface area contributed by atoms with Crippen LogP contribution in [0.15, 0.2) is 61.2 Å². The summed E-state index contributed by atoms with van der Waals surface area (Å²) in [7, 11) is 1.67. The van der Waals surface area contributed by atoms with Crippen molar-refractivity contribution in [3.63, 3.8) is 0 Å². The topological polar surface area (TPSA) is 53.4 Å². The Kier molecular flexibility index (Phi) is 5.53. The Labute approximate surface area is 164 Å². The number of imidazole rings is 1. The molecule has 5 heteroatoms. The van der Waals surface area contributed by atoms with Gasteiger partial charge in [0.25, 0.3) is 0 Å². The highest BCUT2D eigenvalue weighted by molar-refractivity contribution is 5.99. The quantitative estimate of drug-likeness (QED) is 0.614. The molecule has 0 fully saturated rings. The van der Waals surface area contributed by atoms with Crippen LogP contribution in [0.2, 0.25) is 0 Å². The predicted molar refractivity (Wildman–Crippen MR) is 106 cm³/mol. The summed E-state index contributed by atoms with van der Waals surface area (Å²) in [5.74, 6) is 0.993. The fourth-order valence-electron chi connectivity index (χ4n) is 3.81. The van der Waals surface area contributed by atoms with Gasteiger partial charge in [-0.15, -0.1) is 0 Å². The summed E-state index contributed by atoms with van der Waals surface area (Å²) in [6.45, 7) is 1.07. The molecule has 4 rings (SSSR count). The molecule has 0 amide bonds. The summed E-state index contributed by atoms with van der Waals surface area (Å²) in [5, 5.41) is 0. The molecule has 0 spiro atoms. The fourth-order valence-corrected chi connectivity index (χ4v) is 3.81. The first-order chi connectivity index (χ1) is 13.8. The number of ketones is 1. The van der Waals surface area contributed by atoms with Gasteiger partial charge >= 0.3 is 0 Å². The van der Waals surface area contributed by atoms with E-state index in [1.165, 1.54) is 0 Å². The van der Waals surface area contributed by atoms with E-state index >= 15 is 0 Å². The number of hydrogen-bond donors (Lipinski definition) is 0. The lowest BCUT2D eigenvalue weighted by Gasteiger charge is -2.25. The number of carbonyl (C=O) groups excluding carboxylic acids is 1. The number of fused-ring (bicyclic) bond motifs is 1. The van der Waals surface area contributed by atoms with Gasteiger partial charge in [0, 0.05) is 37.1 Å². The lowest BCUT2D eigenvalue weighted by atomic mass is 9.87. The van der Waals surface area contributed by atoms with Gasteiger partial charge in [-0.1, -0.05) is 30.3 Å². The van der Waals surface area contributed by atoms with E-state index in [1.54, 1.807) is 19.6 Å². The van der Waals surface area contributed by atoms with Gasteiger partial charge in [0.2, 0.25) is 0 Å². The monoisotopic (exact) mass is 376 g/mol. The van der Waals surface area contributed by atoms with Crippen LogP contribution in [0.1, 0.15) is 46.0 Å². The Morgan fingerprint density at radius 2 is 2.00 bits per heavy atom. The highest BCUT2D eigenvalue weighted by atomic mass is 16.5. The number of carbonyl (C=O) groups is 1. The standard InChI is InChI=1S/C23H24N2O3/c1-27-15-20-18-8-5-9-21(26)19(18)10-11-22(20)28-23(14-25-13-12-24-16-25)17-6-3-2-4-7-17/h2-4,6-7,10-13,16,23H,5,8-9,14-15H2,1H3/t23-/m1/s1. The number of Topliss-reactive ketones (excluding diaryl/α,β-unsaturated/α-hetero) is 1. The minimum Gasteiger partial charge on any atom is -0.483 e. The predicted octanol–water partition coefficient (Wildman–Crippen LogP) is 4.37. The van der Waals surface area contributed by atoms with E-state index < -0.39 is 0 Å². The average Bonchev–Trinajstić information content (AvgIpc) is 3.23. The molecule has 2 aromatic carbocycles. The number of methoxy groups -OCH3 is 1. The second-order valence-electron chi connectivity index (χ2n) is 7.05. The summed E-state index contributed by atoms with van der Waals surface area (Å²) in [5.41, 5.74) is 3.97. The first-order valence-electron chi connectivity index (χ1n) is 9.60. The minimum absolute atomic E-state index is 0.177. The van der Waals surface area contributed by atoms with Crippen molar-refractivity contribution in [1.82, 2.24) is 9.55 Å². The summed E-state index contributed by atoms with van der Waals surface area (Å²) in [4.78, 5) is 16.5. The molecular formula is C23H24N2O3. The van der Waals surface area contributed by atoms with E-state index in [2.05, 4.69) is 17.1 Å². The second-order valence-corrected chi connectivity index (χ2v) is 7.05. The summed E-state index contributed by atoms with van der Waals surface area (Å²) in [6.07, 6.45) is 7.69. The molecule has 1 atom stereocenters.